The lowest BCUT2D eigenvalue weighted by Gasteiger charge is -2.34. The third-order valence-electron chi connectivity index (χ3n) is 7.00. The predicted molar refractivity (Wildman–Crippen MR) is 117 cm³/mol. The number of hydrogen-bond acceptors (Lipinski definition) is 3. The number of benzene rings is 1. The summed E-state index contributed by atoms with van der Waals surface area (Å²) in [5.74, 6) is 2.17. The van der Waals surface area contributed by atoms with Crippen molar-refractivity contribution in [2.45, 2.75) is 38.5 Å². The Kier molecular flexibility index (Phi) is 7.96. The van der Waals surface area contributed by atoms with Crippen LogP contribution >= 0.6 is 12.4 Å². The van der Waals surface area contributed by atoms with Crippen LogP contribution in [0.2, 0.25) is 0 Å². The first-order valence-corrected chi connectivity index (χ1v) is 11.0. The number of piperidine rings is 1. The third-order valence-corrected chi connectivity index (χ3v) is 7.00. The van der Waals surface area contributed by atoms with Gasteiger partial charge in [-0.15, -0.1) is 12.4 Å². The van der Waals surface area contributed by atoms with Crippen molar-refractivity contribution < 1.29 is 9.59 Å². The molecule has 0 aromatic heterocycles. The second-order valence-corrected chi connectivity index (χ2v) is 8.72. The highest BCUT2D eigenvalue weighted by molar-refractivity contribution is 5.85. The lowest BCUT2D eigenvalue weighted by atomic mass is 9.92. The van der Waals surface area contributed by atoms with Gasteiger partial charge in [0.1, 0.15) is 0 Å². The lowest BCUT2D eigenvalue weighted by Crippen LogP contribution is -2.44. The number of likely N-dealkylation sites (tertiary alicyclic amines) is 2. The van der Waals surface area contributed by atoms with Crippen LogP contribution in [0.5, 0.6) is 0 Å². The molecule has 3 fully saturated rings. The fourth-order valence-corrected chi connectivity index (χ4v) is 5.13. The van der Waals surface area contributed by atoms with Gasteiger partial charge in [0.05, 0.1) is 0 Å². The Morgan fingerprint density at radius 1 is 0.862 bits per heavy atom. The summed E-state index contributed by atoms with van der Waals surface area (Å²) in [5.41, 5.74) is 1.21. The van der Waals surface area contributed by atoms with Crippen LogP contribution in [0.1, 0.15) is 37.7 Å². The van der Waals surface area contributed by atoms with E-state index in [9.17, 15) is 9.59 Å². The van der Waals surface area contributed by atoms with E-state index >= 15 is 0 Å². The molecule has 5 nitrogen and oxygen atoms in total. The minimum atomic E-state index is 0. The van der Waals surface area contributed by atoms with E-state index in [1.165, 1.54) is 5.56 Å². The van der Waals surface area contributed by atoms with Crippen molar-refractivity contribution in [3.63, 3.8) is 0 Å². The van der Waals surface area contributed by atoms with Gasteiger partial charge in [0.2, 0.25) is 11.8 Å². The average Bonchev–Trinajstić information content (AvgIpc) is 3.10. The number of carbonyl (C=O) groups excluding carboxylic acids is 2. The number of amides is 2. The van der Waals surface area contributed by atoms with E-state index in [1.807, 2.05) is 23.1 Å². The molecule has 3 aliphatic rings. The van der Waals surface area contributed by atoms with Gasteiger partial charge >= 0.3 is 0 Å². The van der Waals surface area contributed by atoms with Crippen LogP contribution in [0, 0.1) is 17.8 Å². The number of rotatable bonds is 4. The first kappa shape index (κ1) is 22.1. The molecule has 0 aliphatic carbocycles. The van der Waals surface area contributed by atoms with Crippen molar-refractivity contribution in [2.24, 2.45) is 17.8 Å². The summed E-state index contributed by atoms with van der Waals surface area (Å²) in [5, 5.41) is 3.49. The number of fused-ring (bicyclic) bond motifs is 1. The van der Waals surface area contributed by atoms with Gasteiger partial charge in [-0.25, -0.2) is 0 Å². The molecule has 3 heterocycles. The molecule has 0 spiro atoms. The summed E-state index contributed by atoms with van der Waals surface area (Å²) in [6.07, 6.45) is 5.27. The largest absolute Gasteiger partial charge is 0.343 e. The molecule has 0 bridgehead atoms. The maximum atomic E-state index is 13.0. The number of hydrogen-bond donors (Lipinski definition) is 1. The summed E-state index contributed by atoms with van der Waals surface area (Å²) >= 11 is 0. The van der Waals surface area contributed by atoms with Gasteiger partial charge in [0.25, 0.3) is 0 Å². The molecule has 1 aromatic rings. The van der Waals surface area contributed by atoms with E-state index in [-0.39, 0.29) is 24.2 Å². The van der Waals surface area contributed by atoms with Gasteiger partial charge in [0.15, 0.2) is 0 Å². The molecule has 0 saturated carbocycles. The van der Waals surface area contributed by atoms with E-state index in [0.717, 1.165) is 83.2 Å². The van der Waals surface area contributed by atoms with E-state index in [4.69, 9.17) is 0 Å². The smallest absolute Gasteiger partial charge is 0.225 e. The molecule has 1 N–H and O–H groups in total. The van der Waals surface area contributed by atoms with E-state index < -0.39 is 0 Å². The first-order chi connectivity index (χ1) is 13.7. The number of carbonyl (C=O) groups is 2. The number of halogens is 1. The number of nitrogens with one attached hydrogen (secondary N) is 1. The lowest BCUT2D eigenvalue weighted by molar-refractivity contribution is -0.140. The minimum Gasteiger partial charge on any atom is -0.343 e. The van der Waals surface area contributed by atoms with Crippen molar-refractivity contribution in [1.29, 1.82) is 0 Å². The molecule has 6 heteroatoms. The van der Waals surface area contributed by atoms with Crippen LogP contribution in [-0.4, -0.2) is 60.9 Å². The van der Waals surface area contributed by atoms with Gasteiger partial charge in [-0.3, -0.25) is 9.59 Å². The van der Waals surface area contributed by atoms with Crippen molar-refractivity contribution in [3.05, 3.63) is 35.9 Å². The number of aryl methyl sites for hydroxylation is 1. The van der Waals surface area contributed by atoms with Crippen LogP contribution < -0.4 is 5.32 Å². The zero-order valence-corrected chi connectivity index (χ0v) is 18.0. The monoisotopic (exact) mass is 419 g/mol. The summed E-state index contributed by atoms with van der Waals surface area (Å²) in [4.78, 5) is 29.6. The molecule has 1 aromatic carbocycles. The molecule has 4 rings (SSSR count). The highest BCUT2D eigenvalue weighted by Crippen LogP contribution is 2.29. The third kappa shape index (κ3) is 5.52. The zero-order chi connectivity index (χ0) is 19.3. The molecular formula is C23H34ClN3O2. The highest BCUT2D eigenvalue weighted by atomic mass is 35.5. The number of nitrogens with zero attached hydrogens (tertiary/aromatic N) is 2. The van der Waals surface area contributed by atoms with Crippen LogP contribution in [0.25, 0.3) is 0 Å². The Morgan fingerprint density at radius 3 is 2.07 bits per heavy atom. The van der Waals surface area contributed by atoms with Crippen LogP contribution in [0.15, 0.2) is 30.3 Å². The molecule has 29 heavy (non-hydrogen) atoms. The average molecular weight is 420 g/mol. The normalized spacial score (nSPS) is 25.1. The molecule has 160 valence electrons. The molecule has 3 saturated heterocycles. The Labute approximate surface area is 180 Å². The Hall–Kier alpha value is -1.59. The fourth-order valence-electron chi connectivity index (χ4n) is 5.13. The standard InChI is InChI=1S/C23H33N3O2.ClH/c27-22(7-6-18-4-2-1-3-5-18)25-12-8-19(9-13-25)23(28)26-14-10-20-16-24-17-21(20)11-15-26;/h1-5,19-21,24H,6-17H2;1H/t20-,21+;. The first-order valence-electron chi connectivity index (χ1n) is 11.0. The summed E-state index contributed by atoms with van der Waals surface area (Å²) < 4.78 is 0. The van der Waals surface area contributed by atoms with Gasteiger partial charge in [-0.1, -0.05) is 30.3 Å². The molecule has 2 atom stereocenters. The van der Waals surface area contributed by atoms with Gasteiger partial charge in [-0.2, -0.15) is 0 Å². The summed E-state index contributed by atoms with van der Waals surface area (Å²) in [6, 6.07) is 10.2. The quantitative estimate of drug-likeness (QED) is 0.816. The predicted octanol–water partition coefficient (Wildman–Crippen LogP) is 2.74. The Bertz CT molecular complexity index is 662. The highest BCUT2D eigenvalue weighted by Gasteiger charge is 2.34. The molecule has 2 amide bonds. The SMILES string of the molecule is Cl.O=C(CCc1ccccc1)N1CCC(C(=O)N2CC[C@@H]3CNC[C@@H]3CC2)CC1. The Balaban J connectivity index is 0.00000240. The van der Waals surface area contributed by atoms with E-state index in [2.05, 4.69) is 22.3 Å². The van der Waals surface area contributed by atoms with Gasteiger partial charge < -0.3 is 15.1 Å². The van der Waals surface area contributed by atoms with Gasteiger partial charge in [0, 0.05) is 38.5 Å². The maximum absolute atomic E-state index is 13.0. The van der Waals surface area contributed by atoms with Crippen LogP contribution in [0.4, 0.5) is 0 Å². The fraction of sp³-hybridized carbons (Fsp3) is 0.652. The van der Waals surface area contributed by atoms with Crippen molar-refractivity contribution in [2.75, 3.05) is 39.3 Å². The Morgan fingerprint density at radius 2 is 1.45 bits per heavy atom. The minimum absolute atomic E-state index is 0. The van der Waals surface area contributed by atoms with E-state index in [1.54, 1.807) is 0 Å². The van der Waals surface area contributed by atoms with Crippen molar-refractivity contribution in [3.8, 4) is 0 Å². The van der Waals surface area contributed by atoms with Gasteiger partial charge in [-0.05, 0) is 62.6 Å². The summed E-state index contributed by atoms with van der Waals surface area (Å²) in [7, 11) is 0. The summed E-state index contributed by atoms with van der Waals surface area (Å²) in [6.45, 7) is 5.53. The molecule has 3 aliphatic heterocycles. The van der Waals surface area contributed by atoms with Crippen LogP contribution in [0.3, 0.4) is 0 Å². The molecule has 0 radical (unpaired) electrons. The molecular weight excluding hydrogens is 386 g/mol. The maximum Gasteiger partial charge on any atom is 0.225 e. The zero-order valence-electron chi connectivity index (χ0n) is 17.2. The second kappa shape index (κ2) is 10.4. The van der Waals surface area contributed by atoms with Crippen molar-refractivity contribution in [1.82, 2.24) is 15.1 Å². The second-order valence-electron chi connectivity index (χ2n) is 8.72. The molecule has 0 unspecified atom stereocenters. The van der Waals surface area contributed by atoms with Crippen LogP contribution in [-0.2, 0) is 16.0 Å². The topological polar surface area (TPSA) is 52.7 Å². The van der Waals surface area contributed by atoms with Crippen molar-refractivity contribution >= 4 is 24.2 Å². The van der Waals surface area contributed by atoms with E-state index in [0.29, 0.717) is 12.3 Å².